The van der Waals surface area contributed by atoms with E-state index < -0.39 is 0 Å². The third-order valence-corrected chi connectivity index (χ3v) is 4.67. The van der Waals surface area contributed by atoms with Gasteiger partial charge in [-0.2, -0.15) is 0 Å². The molecule has 0 radical (unpaired) electrons. The van der Waals surface area contributed by atoms with Crippen LogP contribution in [0.3, 0.4) is 0 Å². The van der Waals surface area contributed by atoms with Gasteiger partial charge in [-0.15, -0.1) is 11.3 Å². The molecule has 1 atom stereocenters. The number of nitrogen functional groups attached to an aromatic ring is 1. The Bertz CT molecular complexity index is 611. The van der Waals surface area contributed by atoms with Crippen LogP contribution in [-0.4, -0.2) is 35.6 Å². The molecule has 2 rings (SSSR count). The number of hydrogen-bond donors (Lipinski definition) is 3. The van der Waals surface area contributed by atoms with Crippen LogP contribution in [0, 0.1) is 0 Å². The lowest BCUT2D eigenvalue weighted by atomic mass is 10.1. The Morgan fingerprint density at radius 2 is 2.20 bits per heavy atom. The Labute approximate surface area is 122 Å². The third-order valence-electron chi connectivity index (χ3n) is 3.46. The van der Waals surface area contributed by atoms with Crippen LogP contribution in [0.2, 0.25) is 0 Å². The number of hydrazine groups is 1. The first-order valence-corrected chi connectivity index (χ1v) is 7.22. The molecule has 108 valence electrons. The van der Waals surface area contributed by atoms with Gasteiger partial charge in [0.25, 0.3) is 5.91 Å². The minimum absolute atomic E-state index is 0.0300. The van der Waals surface area contributed by atoms with Crippen molar-refractivity contribution < 1.29 is 9.90 Å². The van der Waals surface area contributed by atoms with E-state index in [0.29, 0.717) is 11.4 Å². The molecule has 0 saturated carbocycles. The Morgan fingerprint density at radius 3 is 2.85 bits per heavy atom. The lowest BCUT2D eigenvalue weighted by molar-refractivity contribution is 0.0955. The number of nitrogens with zero attached hydrogens (tertiary/aromatic N) is 1. The zero-order valence-corrected chi connectivity index (χ0v) is 12.4. The van der Waals surface area contributed by atoms with E-state index in [1.165, 1.54) is 11.3 Å². The van der Waals surface area contributed by atoms with E-state index in [9.17, 15) is 9.90 Å². The predicted molar refractivity (Wildman–Crippen MR) is 81.5 cm³/mol. The van der Waals surface area contributed by atoms with E-state index in [0.717, 1.165) is 15.6 Å². The van der Waals surface area contributed by atoms with Gasteiger partial charge in [-0.05, 0) is 31.0 Å². The maximum Gasteiger partial charge on any atom is 0.275 e. The van der Waals surface area contributed by atoms with E-state index >= 15 is 0 Å². The average molecular weight is 293 g/mol. The Hall–Kier alpha value is -1.47. The van der Waals surface area contributed by atoms with Gasteiger partial charge in [0.15, 0.2) is 0 Å². The Kier molecular flexibility index (Phi) is 4.72. The number of rotatable bonds is 5. The van der Waals surface area contributed by atoms with E-state index in [2.05, 4.69) is 5.43 Å². The second kappa shape index (κ2) is 6.32. The molecule has 0 aliphatic rings. The lowest BCUT2D eigenvalue weighted by Crippen LogP contribution is -2.33. The summed E-state index contributed by atoms with van der Waals surface area (Å²) in [7, 11) is 1.93. The first-order chi connectivity index (χ1) is 9.58. The minimum Gasteiger partial charge on any atom is -0.395 e. The average Bonchev–Trinajstić information content (AvgIpc) is 2.84. The number of aliphatic hydroxyl groups is 1. The van der Waals surface area contributed by atoms with E-state index in [4.69, 9.17) is 5.84 Å². The van der Waals surface area contributed by atoms with E-state index in [1.54, 1.807) is 0 Å². The Morgan fingerprint density at radius 1 is 1.50 bits per heavy atom. The first kappa shape index (κ1) is 14.9. The van der Waals surface area contributed by atoms with Gasteiger partial charge < -0.3 is 5.11 Å². The number of carbonyl (C=O) groups is 1. The van der Waals surface area contributed by atoms with Crippen LogP contribution in [0.4, 0.5) is 0 Å². The number of benzene rings is 1. The third kappa shape index (κ3) is 2.83. The maximum atomic E-state index is 11.9. The van der Waals surface area contributed by atoms with Crippen molar-refractivity contribution in [2.75, 3.05) is 13.7 Å². The molecule has 0 fully saturated rings. The van der Waals surface area contributed by atoms with Crippen LogP contribution in [0.25, 0.3) is 10.1 Å². The van der Waals surface area contributed by atoms with Crippen molar-refractivity contribution in [2.24, 2.45) is 5.84 Å². The monoisotopic (exact) mass is 293 g/mol. The van der Waals surface area contributed by atoms with Crippen LogP contribution in [0.5, 0.6) is 0 Å². The first-order valence-electron chi connectivity index (χ1n) is 6.41. The molecule has 4 N–H and O–H groups in total. The highest BCUT2D eigenvalue weighted by Gasteiger charge is 2.20. The highest BCUT2D eigenvalue weighted by molar-refractivity contribution is 7.21. The summed E-state index contributed by atoms with van der Waals surface area (Å²) in [5, 5.41) is 10.3. The molecule has 1 aromatic heterocycles. The smallest absolute Gasteiger partial charge is 0.275 e. The fraction of sp³-hybridized carbons (Fsp3) is 0.357. The summed E-state index contributed by atoms with van der Waals surface area (Å²) >= 11 is 1.44. The maximum absolute atomic E-state index is 11.9. The number of nitrogens with one attached hydrogen (secondary N) is 1. The fourth-order valence-electron chi connectivity index (χ4n) is 2.05. The second-order valence-electron chi connectivity index (χ2n) is 4.83. The van der Waals surface area contributed by atoms with Gasteiger partial charge in [0.2, 0.25) is 0 Å². The predicted octanol–water partition coefficient (Wildman–Crippen LogP) is 1.32. The molecular weight excluding hydrogens is 274 g/mol. The van der Waals surface area contributed by atoms with Crippen molar-refractivity contribution in [3.63, 3.8) is 0 Å². The molecule has 1 unspecified atom stereocenters. The topological polar surface area (TPSA) is 78.6 Å². The lowest BCUT2D eigenvalue weighted by Gasteiger charge is -2.23. The van der Waals surface area contributed by atoms with Crippen LogP contribution >= 0.6 is 11.3 Å². The molecular formula is C14H19N3O2S. The molecule has 1 heterocycles. The van der Waals surface area contributed by atoms with Crippen LogP contribution < -0.4 is 11.3 Å². The summed E-state index contributed by atoms with van der Waals surface area (Å²) in [6.07, 6.45) is 0. The number of aliphatic hydroxyl groups excluding tert-OH is 1. The van der Waals surface area contributed by atoms with Gasteiger partial charge in [-0.25, -0.2) is 5.84 Å². The molecule has 0 bridgehead atoms. The fourth-order valence-corrected chi connectivity index (χ4v) is 3.17. The number of carbonyl (C=O) groups excluding carboxylic acids is 1. The van der Waals surface area contributed by atoms with Crippen molar-refractivity contribution in [2.45, 2.75) is 19.5 Å². The van der Waals surface area contributed by atoms with Crippen molar-refractivity contribution in [1.29, 1.82) is 0 Å². The number of nitrogens with two attached hydrogens (primary N) is 1. The molecule has 1 amide bonds. The summed E-state index contributed by atoms with van der Waals surface area (Å²) in [5.41, 5.74) is 3.16. The van der Waals surface area contributed by atoms with Crippen molar-refractivity contribution in [3.05, 3.63) is 34.7 Å². The van der Waals surface area contributed by atoms with E-state index in [-0.39, 0.29) is 18.6 Å². The number of thiophene rings is 1. The summed E-state index contributed by atoms with van der Waals surface area (Å²) in [4.78, 5) is 14.6. The standard InChI is InChI=1S/C14H19N3O2S/c1-9(8-18)17(2)7-11-10-5-3-4-6-12(10)20-13(11)14(19)16-15/h3-6,9,18H,7-8,15H2,1-2H3,(H,16,19). The Balaban J connectivity index is 2.45. The van der Waals surface area contributed by atoms with Gasteiger partial charge in [0, 0.05) is 17.3 Å². The van der Waals surface area contributed by atoms with Crippen LogP contribution in [0.1, 0.15) is 22.2 Å². The van der Waals surface area contributed by atoms with Gasteiger partial charge in [0.1, 0.15) is 0 Å². The van der Waals surface area contributed by atoms with Gasteiger partial charge in [0.05, 0.1) is 11.5 Å². The molecule has 1 aromatic carbocycles. The van der Waals surface area contributed by atoms with Crippen molar-refractivity contribution in [1.82, 2.24) is 10.3 Å². The molecule has 0 spiro atoms. The zero-order valence-electron chi connectivity index (χ0n) is 11.6. The zero-order chi connectivity index (χ0) is 14.7. The number of fused-ring (bicyclic) bond motifs is 1. The van der Waals surface area contributed by atoms with E-state index in [1.807, 2.05) is 43.1 Å². The minimum atomic E-state index is -0.272. The highest BCUT2D eigenvalue weighted by atomic mass is 32.1. The highest BCUT2D eigenvalue weighted by Crippen LogP contribution is 2.32. The van der Waals surface area contributed by atoms with Crippen LogP contribution in [0.15, 0.2) is 24.3 Å². The number of hydrogen-bond acceptors (Lipinski definition) is 5. The molecule has 0 aliphatic carbocycles. The molecule has 6 heteroatoms. The van der Waals surface area contributed by atoms with Crippen molar-refractivity contribution in [3.8, 4) is 0 Å². The molecule has 20 heavy (non-hydrogen) atoms. The van der Waals surface area contributed by atoms with Gasteiger partial charge in [-0.1, -0.05) is 18.2 Å². The number of likely N-dealkylation sites (N-methyl/N-ethyl adjacent to an activating group) is 1. The molecule has 0 aliphatic heterocycles. The molecule has 0 saturated heterocycles. The summed E-state index contributed by atoms with van der Waals surface area (Å²) < 4.78 is 1.06. The van der Waals surface area contributed by atoms with Gasteiger partial charge >= 0.3 is 0 Å². The van der Waals surface area contributed by atoms with Crippen molar-refractivity contribution >= 4 is 27.3 Å². The summed E-state index contributed by atoms with van der Waals surface area (Å²) in [6, 6.07) is 7.94. The largest absolute Gasteiger partial charge is 0.395 e. The summed E-state index contributed by atoms with van der Waals surface area (Å²) in [6.45, 7) is 2.61. The quantitative estimate of drug-likeness (QED) is 0.441. The van der Waals surface area contributed by atoms with Gasteiger partial charge in [-0.3, -0.25) is 15.1 Å². The van der Waals surface area contributed by atoms with Crippen LogP contribution in [-0.2, 0) is 6.54 Å². The SMILES string of the molecule is CC(CO)N(C)Cc1c(C(=O)NN)sc2ccccc12. The normalized spacial score (nSPS) is 12.8. The number of amides is 1. The second-order valence-corrected chi connectivity index (χ2v) is 5.88. The molecule has 5 nitrogen and oxygen atoms in total. The summed E-state index contributed by atoms with van der Waals surface area (Å²) in [5.74, 6) is 4.99. The molecule has 2 aromatic rings.